The van der Waals surface area contributed by atoms with Gasteiger partial charge in [-0.3, -0.25) is 4.79 Å². The van der Waals surface area contributed by atoms with E-state index in [2.05, 4.69) is 33.5 Å². The highest BCUT2D eigenvalue weighted by Gasteiger charge is 2.22. The number of hydrogen-bond donors (Lipinski definition) is 1. The van der Waals surface area contributed by atoms with Crippen molar-refractivity contribution in [1.82, 2.24) is 15.3 Å². The number of benzene rings is 3. The van der Waals surface area contributed by atoms with Crippen LogP contribution in [0.25, 0.3) is 11.4 Å². The smallest absolute Gasteiger partial charge is 0.251 e. The second kappa shape index (κ2) is 9.75. The highest BCUT2D eigenvalue weighted by molar-refractivity contribution is 5.94. The molecule has 0 saturated carbocycles. The molecule has 0 saturated heterocycles. The molecule has 1 heterocycles. The topological polar surface area (TPSA) is 73.3 Å². The van der Waals surface area contributed by atoms with Crippen LogP contribution in [-0.2, 0) is 6.42 Å². The van der Waals surface area contributed by atoms with E-state index in [9.17, 15) is 4.79 Å². The molecular weight excluding hydrogens is 426 g/mol. The largest absolute Gasteiger partial charge is 0.493 e. The van der Waals surface area contributed by atoms with Crippen molar-refractivity contribution in [2.24, 2.45) is 0 Å². The Labute approximate surface area is 198 Å². The number of hydrogen-bond acceptors (Lipinski definition) is 5. The van der Waals surface area contributed by atoms with Gasteiger partial charge in [0.25, 0.3) is 5.91 Å². The predicted molar refractivity (Wildman–Crippen MR) is 130 cm³/mol. The monoisotopic (exact) mass is 451 g/mol. The predicted octanol–water partition coefficient (Wildman–Crippen LogP) is 5.75. The van der Waals surface area contributed by atoms with Crippen LogP contribution in [0.1, 0.15) is 40.4 Å². The molecule has 1 aliphatic rings. The van der Waals surface area contributed by atoms with Gasteiger partial charge in [-0.15, -0.1) is 0 Å². The lowest BCUT2D eigenvalue weighted by molar-refractivity contribution is 0.0932. The summed E-state index contributed by atoms with van der Waals surface area (Å²) in [6.45, 7) is 0. The van der Waals surface area contributed by atoms with Crippen LogP contribution in [0.4, 0.5) is 0 Å². The number of fused-ring (bicyclic) bond motifs is 1. The first-order valence-corrected chi connectivity index (χ1v) is 11.3. The molecule has 1 amide bonds. The first-order valence-electron chi connectivity index (χ1n) is 11.3. The fourth-order valence-corrected chi connectivity index (χ4v) is 4.27. The molecule has 5 rings (SSSR count). The fraction of sp³-hybridized carbons (Fsp3) is 0.179. The number of aryl methyl sites for hydroxylation is 1. The van der Waals surface area contributed by atoms with Crippen LogP contribution in [-0.4, -0.2) is 23.0 Å². The lowest BCUT2D eigenvalue weighted by atomic mass is 9.87. The van der Waals surface area contributed by atoms with Crippen molar-refractivity contribution in [3.05, 3.63) is 102 Å². The normalized spacial score (nSPS) is 14.7. The van der Waals surface area contributed by atoms with E-state index in [-0.39, 0.29) is 11.9 Å². The van der Waals surface area contributed by atoms with Gasteiger partial charge >= 0.3 is 0 Å². The summed E-state index contributed by atoms with van der Waals surface area (Å²) in [6, 6.07) is 24.8. The summed E-state index contributed by atoms with van der Waals surface area (Å²) in [5.41, 5.74) is 3.94. The first-order chi connectivity index (χ1) is 16.7. The number of methoxy groups -OCH3 is 1. The zero-order valence-electron chi connectivity index (χ0n) is 18.9. The molecular formula is C28H25N3O3. The minimum Gasteiger partial charge on any atom is -0.493 e. The molecule has 3 aromatic carbocycles. The minimum absolute atomic E-state index is 0.0456. The maximum absolute atomic E-state index is 12.9. The molecule has 170 valence electrons. The van der Waals surface area contributed by atoms with E-state index in [1.165, 1.54) is 11.1 Å². The molecule has 0 radical (unpaired) electrons. The Balaban J connectivity index is 1.30. The maximum atomic E-state index is 12.9. The van der Waals surface area contributed by atoms with Crippen LogP contribution in [0.5, 0.6) is 17.4 Å². The maximum Gasteiger partial charge on any atom is 0.251 e. The Morgan fingerprint density at radius 1 is 0.941 bits per heavy atom. The molecule has 0 unspecified atom stereocenters. The van der Waals surface area contributed by atoms with Crippen molar-refractivity contribution >= 4 is 5.91 Å². The van der Waals surface area contributed by atoms with Crippen LogP contribution in [0.3, 0.4) is 0 Å². The second-order valence-electron chi connectivity index (χ2n) is 8.17. The Morgan fingerprint density at radius 3 is 2.53 bits per heavy atom. The third kappa shape index (κ3) is 4.62. The van der Waals surface area contributed by atoms with Gasteiger partial charge in [0.2, 0.25) is 5.88 Å². The van der Waals surface area contributed by atoms with Crippen molar-refractivity contribution in [2.75, 3.05) is 7.11 Å². The standard InChI is InChI=1S/C28H25N3O3/c1-33-24-11-4-5-12-25(24)34-26-17-18-29-27(31-26)20-13-15-21(16-14-20)28(32)30-23-10-6-8-19-7-2-3-9-22(19)23/h2-5,7,9,11-18,23H,6,8,10H2,1H3,(H,30,32)/t23-/m1/s1. The molecule has 0 spiro atoms. The van der Waals surface area contributed by atoms with Crippen molar-refractivity contribution in [3.8, 4) is 28.8 Å². The van der Waals surface area contributed by atoms with E-state index in [1.54, 1.807) is 31.5 Å². The molecule has 1 aromatic heterocycles. The molecule has 34 heavy (non-hydrogen) atoms. The van der Waals surface area contributed by atoms with Crippen LogP contribution < -0.4 is 14.8 Å². The fourth-order valence-electron chi connectivity index (χ4n) is 4.27. The molecule has 1 atom stereocenters. The second-order valence-corrected chi connectivity index (χ2v) is 8.17. The molecule has 4 aromatic rings. The first kappa shape index (κ1) is 21.6. The third-order valence-corrected chi connectivity index (χ3v) is 5.99. The van der Waals surface area contributed by atoms with E-state index < -0.39 is 0 Å². The average Bonchev–Trinajstić information content (AvgIpc) is 2.89. The summed E-state index contributed by atoms with van der Waals surface area (Å²) in [6.07, 6.45) is 4.74. The van der Waals surface area contributed by atoms with E-state index in [0.717, 1.165) is 24.8 Å². The van der Waals surface area contributed by atoms with Crippen LogP contribution in [0.15, 0.2) is 85.1 Å². The van der Waals surface area contributed by atoms with Gasteiger partial charge in [-0.1, -0.05) is 48.5 Å². The highest BCUT2D eigenvalue weighted by Crippen LogP contribution is 2.31. The van der Waals surface area contributed by atoms with E-state index in [0.29, 0.717) is 28.8 Å². The lowest BCUT2D eigenvalue weighted by Gasteiger charge is -2.26. The number of para-hydroxylation sites is 2. The Morgan fingerprint density at radius 2 is 1.71 bits per heavy atom. The number of carbonyl (C=O) groups excluding carboxylic acids is 1. The minimum atomic E-state index is -0.0811. The van der Waals surface area contributed by atoms with E-state index >= 15 is 0 Å². The molecule has 0 bridgehead atoms. The molecule has 1 N–H and O–H groups in total. The van der Waals surface area contributed by atoms with Crippen molar-refractivity contribution < 1.29 is 14.3 Å². The van der Waals surface area contributed by atoms with Gasteiger partial charge in [-0.05, 0) is 54.7 Å². The zero-order valence-corrected chi connectivity index (χ0v) is 18.9. The number of amides is 1. The van der Waals surface area contributed by atoms with E-state index in [1.807, 2.05) is 42.5 Å². The van der Waals surface area contributed by atoms with Gasteiger partial charge < -0.3 is 14.8 Å². The van der Waals surface area contributed by atoms with Crippen molar-refractivity contribution in [2.45, 2.75) is 25.3 Å². The molecule has 0 aliphatic heterocycles. The molecule has 6 heteroatoms. The van der Waals surface area contributed by atoms with Gasteiger partial charge in [0.05, 0.1) is 13.2 Å². The Bertz CT molecular complexity index is 1300. The van der Waals surface area contributed by atoms with Crippen molar-refractivity contribution in [3.63, 3.8) is 0 Å². The summed E-state index contributed by atoms with van der Waals surface area (Å²) >= 11 is 0. The summed E-state index contributed by atoms with van der Waals surface area (Å²) in [5, 5.41) is 3.20. The number of nitrogens with zero attached hydrogens (tertiary/aromatic N) is 2. The summed E-state index contributed by atoms with van der Waals surface area (Å²) in [4.78, 5) is 21.8. The van der Waals surface area contributed by atoms with Gasteiger partial charge in [0.1, 0.15) is 0 Å². The average molecular weight is 452 g/mol. The quantitative estimate of drug-likeness (QED) is 0.404. The molecule has 6 nitrogen and oxygen atoms in total. The van der Waals surface area contributed by atoms with Gasteiger partial charge in [-0.2, -0.15) is 4.98 Å². The summed E-state index contributed by atoms with van der Waals surface area (Å²) in [5.74, 6) is 2.04. The highest BCUT2D eigenvalue weighted by atomic mass is 16.5. The Kier molecular flexibility index (Phi) is 6.21. The summed E-state index contributed by atoms with van der Waals surface area (Å²) < 4.78 is 11.2. The number of nitrogens with one attached hydrogen (secondary N) is 1. The summed E-state index contributed by atoms with van der Waals surface area (Å²) in [7, 11) is 1.60. The van der Waals surface area contributed by atoms with Crippen LogP contribution in [0.2, 0.25) is 0 Å². The van der Waals surface area contributed by atoms with Crippen LogP contribution >= 0.6 is 0 Å². The van der Waals surface area contributed by atoms with Gasteiger partial charge in [0.15, 0.2) is 17.3 Å². The molecule has 1 aliphatic carbocycles. The third-order valence-electron chi connectivity index (χ3n) is 5.99. The van der Waals surface area contributed by atoms with Gasteiger partial charge in [0, 0.05) is 23.4 Å². The van der Waals surface area contributed by atoms with E-state index in [4.69, 9.17) is 9.47 Å². The lowest BCUT2D eigenvalue weighted by Crippen LogP contribution is -2.30. The number of carbonyl (C=O) groups is 1. The van der Waals surface area contributed by atoms with Crippen LogP contribution in [0, 0.1) is 0 Å². The number of aromatic nitrogens is 2. The van der Waals surface area contributed by atoms with Gasteiger partial charge in [-0.25, -0.2) is 4.98 Å². The molecule has 0 fully saturated rings. The number of ether oxygens (including phenoxy) is 2. The zero-order chi connectivity index (χ0) is 23.3. The Hall–Kier alpha value is -4.19. The SMILES string of the molecule is COc1ccccc1Oc1ccnc(-c2ccc(C(=O)N[C@@H]3CCCc4ccccc43)cc2)n1. The number of rotatable bonds is 6. The van der Waals surface area contributed by atoms with Crippen molar-refractivity contribution in [1.29, 1.82) is 0 Å².